The summed E-state index contributed by atoms with van der Waals surface area (Å²) in [6.07, 6.45) is 5.94. The van der Waals surface area contributed by atoms with E-state index in [1.54, 1.807) is 0 Å². The van der Waals surface area contributed by atoms with Crippen molar-refractivity contribution in [3.8, 4) is 0 Å². The number of likely N-dealkylation sites (tertiary alicyclic amines) is 1. The molecule has 0 spiro atoms. The Morgan fingerprint density at radius 3 is 2.56 bits per heavy atom. The Kier molecular flexibility index (Phi) is 7.27. The van der Waals surface area contributed by atoms with Crippen LogP contribution in [0, 0.1) is 0 Å². The third-order valence-corrected chi connectivity index (χ3v) is 5.13. The van der Waals surface area contributed by atoms with E-state index in [1.807, 2.05) is 24.3 Å². The molecule has 2 N–H and O–H groups in total. The first-order chi connectivity index (χ1) is 12.3. The Hall–Kier alpha value is -1.43. The number of hydrogen-bond donors (Lipinski definition) is 2. The molecule has 1 aromatic rings. The number of carbonyl (C=O) groups excluding carboxylic acids is 1. The zero-order chi connectivity index (χ0) is 17.3. The van der Waals surface area contributed by atoms with Crippen LogP contribution in [0.4, 0.5) is 0 Å². The SMILES string of the molecule is O=C(OC1CCNCC1)c1ccc(CNCCN2CCCCC2)cc1. The highest BCUT2D eigenvalue weighted by atomic mass is 16.5. The maximum atomic E-state index is 12.2. The molecule has 1 aromatic carbocycles. The lowest BCUT2D eigenvalue weighted by atomic mass is 10.1. The van der Waals surface area contributed by atoms with Gasteiger partial charge in [-0.25, -0.2) is 4.79 Å². The van der Waals surface area contributed by atoms with Gasteiger partial charge in [-0.1, -0.05) is 18.6 Å². The lowest BCUT2D eigenvalue weighted by Gasteiger charge is -2.26. The Morgan fingerprint density at radius 1 is 1.12 bits per heavy atom. The topological polar surface area (TPSA) is 53.6 Å². The zero-order valence-electron chi connectivity index (χ0n) is 15.1. The van der Waals surface area contributed by atoms with Crippen LogP contribution in [0.3, 0.4) is 0 Å². The number of benzene rings is 1. The van der Waals surface area contributed by atoms with Gasteiger partial charge < -0.3 is 20.3 Å². The summed E-state index contributed by atoms with van der Waals surface area (Å²) in [5.41, 5.74) is 1.85. The number of esters is 1. The Morgan fingerprint density at radius 2 is 1.84 bits per heavy atom. The minimum atomic E-state index is -0.198. The number of piperidine rings is 2. The molecule has 0 aliphatic carbocycles. The van der Waals surface area contributed by atoms with Gasteiger partial charge in [0, 0.05) is 19.6 Å². The molecule has 5 heteroatoms. The van der Waals surface area contributed by atoms with Crippen LogP contribution in [0.1, 0.15) is 48.0 Å². The van der Waals surface area contributed by atoms with E-state index in [0.717, 1.165) is 45.6 Å². The predicted molar refractivity (Wildman–Crippen MR) is 99.7 cm³/mol. The number of ether oxygens (including phenoxy) is 1. The van der Waals surface area contributed by atoms with Gasteiger partial charge in [0.15, 0.2) is 0 Å². The van der Waals surface area contributed by atoms with Crippen LogP contribution in [-0.4, -0.2) is 56.2 Å². The first-order valence-electron chi connectivity index (χ1n) is 9.75. The largest absolute Gasteiger partial charge is 0.459 e. The van der Waals surface area contributed by atoms with Crippen molar-refractivity contribution in [3.63, 3.8) is 0 Å². The van der Waals surface area contributed by atoms with Crippen molar-refractivity contribution < 1.29 is 9.53 Å². The number of hydrogen-bond acceptors (Lipinski definition) is 5. The zero-order valence-corrected chi connectivity index (χ0v) is 15.1. The summed E-state index contributed by atoms with van der Waals surface area (Å²) in [5, 5.41) is 6.78. The van der Waals surface area contributed by atoms with Crippen molar-refractivity contribution in [1.29, 1.82) is 0 Å². The third kappa shape index (κ3) is 6.10. The molecule has 0 unspecified atom stereocenters. The highest BCUT2D eigenvalue weighted by Gasteiger charge is 2.18. The molecule has 25 heavy (non-hydrogen) atoms. The molecule has 2 aliphatic rings. The molecule has 0 amide bonds. The van der Waals surface area contributed by atoms with Crippen molar-refractivity contribution in [2.24, 2.45) is 0 Å². The lowest BCUT2D eigenvalue weighted by molar-refractivity contribution is 0.0229. The van der Waals surface area contributed by atoms with Crippen molar-refractivity contribution in [1.82, 2.24) is 15.5 Å². The van der Waals surface area contributed by atoms with Gasteiger partial charge in [-0.15, -0.1) is 0 Å². The van der Waals surface area contributed by atoms with E-state index < -0.39 is 0 Å². The molecule has 0 aromatic heterocycles. The molecule has 0 atom stereocenters. The molecule has 2 aliphatic heterocycles. The van der Waals surface area contributed by atoms with Crippen LogP contribution in [-0.2, 0) is 11.3 Å². The predicted octanol–water partition coefficient (Wildman–Crippen LogP) is 2.17. The van der Waals surface area contributed by atoms with Gasteiger partial charge in [-0.05, 0) is 69.6 Å². The van der Waals surface area contributed by atoms with Crippen LogP contribution in [0.5, 0.6) is 0 Å². The highest BCUT2D eigenvalue weighted by Crippen LogP contribution is 2.12. The van der Waals surface area contributed by atoms with E-state index in [4.69, 9.17) is 4.74 Å². The minimum absolute atomic E-state index is 0.0601. The smallest absolute Gasteiger partial charge is 0.338 e. The van der Waals surface area contributed by atoms with Crippen molar-refractivity contribution in [2.75, 3.05) is 39.3 Å². The monoisotopic (exact) mass is 345 g/mol. The summed E-state index contributed by atoms with van der Waals surface area (Å²) in [4.78, 5) is 14.7. The van der Waals surface area contributed by atoms with Gasteiger partial charge in [0.05, 0.1) is 5.56 Å². The van der Waals surface area contributed by atoms with Gasteiger partial charge in [-0.2, -0.15) is 0 Å². The number of rotatable bonds is 7. The van der Waals surface area contributed by atoms with E-state index in [9.17, 15) is 4.79 Å². The normalized spacial score (nSPS) is 19.7. The molecule has 2 fully saturated rings. The second-order valence-corrected chi connectivity index (χ2v) is 7.13. The van der Waals surface area contributed by atoms with Crippen LogP contribution in [0.2, 0.25) is 0 Å². The van der Waals surface area contributed by atoms with Crippen molar-refractivity contribution in [3.05, 3.63) is 35.4 Å². The first kappa shape index (κ1) is 18.4. The fourth-order valence-corrected chi connectivity index (χ4v) is 3.54. The molecule has 0 radical (unpaired) electrons. The maximum absolute atomic E-state index is 12.2. The minimum Gasteiger partial charge on any atom is -0.459 e. The average molecular weight is 345 g/mol. The van der Waals surface area contributed by atoms with E-state index in [-0.39, 0.29) is 12.1 Å². The third-order valence-electron chi connectivity index (χ3n) is 5.13. The molecule has 5 nitrogen and oxygen atoms in total. The van der Waals surface area contributed by atoms with E-state index in [0.29, 0.717) is 5.56 Å². The molecule has 138 valence electrons. The lowest BCUT2D eigenvalue weighted by Crippen LogP contribution is -2.35. The van der Waals surface area contributed by atoms with Crippen LogP contribution >= 0.6 is 0 Å². The molecular weight excluding hydrogens is 314 g/mol. The first-order valence-corrected chi connectivity index (χ1v) is 9.75. The summed E-state index contributed by atoms with van der Waals surface area (Å²) < 4.78 is 5.58. The quantitative estimate of drug-likeness (QED) is 0.586. The second kappa shape index (κ2) is 9.90. The van der Waals surface area contributed by atoms with Gasteiger partial charge in [-0.3, -0.25) is 0 Å². The molecular formula is C20H31N3O2. The Bertz CT molecular complexity index is 520. The van der Waals surface area contributed by atoms with Crippen molar-refractivity contribution in [2.45, 2.75) is 44.8 Å². The van der Waals surface area contributed by atoms with E-state index in [2.05, 4.69) is 15.5 Å². The van der Waals surface area contributed by atoms with Gasteiger partial charge in [0.25, 0.3) is 0 Å². The van der Waals surface area contributed by atoms with Crippen LogP contribution in [0.15, 0.2) is 24.3 Å². The Balaban J connectivity index is 1.36. The van der Waals surface area contributed by atoms with Crippen LogP contribution in [0.25, 0.3) is 0 Å². The molecule has 0 bridgehead atoms. The summed E-state index contributed by atoms with van der Waals surface area (Å²) in [7, 11) is 0. The molecule has 0 saturated carbocycles. The molecule has 2 heterocycles. The number of nitrogens with one attached hydrogen (secondary N) is 2. The molecule has 2 saturated heterocycles. The Labute approximate surface area is 151 Å². The van der Waals surface area contributed by atoms with Gasteiger partial charge in [0.1, 0.15) is 6.10 Å². The fourth-order valence-electron chi connectivity index (χ4n) is 3.54. The molecule has 3 rings (SSSR count). The van der Waals surface area contributed by atoms with Crippen LogP contribution < -0.4 is 10.6 Å². The summed E-state index contributed by atoms with van der Waals surface area (Å²) in [5.74, 6) is -0.198. The van der Waals surface area contributed by atoms with Gasteiger partial charge >= 0.3 is 5.97 Å². The number of carbonyl (C=O) groups is 1. The number of nitrogens with zero attached hydrogens (tertiary/aromatic N) is 1. The summed E-state index contributed by atoms with van der Waals surface area (Å²) in [6.45, 7) is 7.34. The maximum Gasteiger partial charge on any atom is 0.338 e. The standard InChI is InChI=1S/C20H31N3O2/c24-20(25-19-8-10-21-11-9-19)18-6-4-17(5-7-18)16-22-12-15-23-13-2-1-3-14-23/h4-7,19,21-22H,1-3,8-16H2. The summed E-state index contributed by atoms with van der Waals surface area (Å²) in [6, 6.07) is 7.80. The fraction of sp³-hybridized carbons (Fsp3) is 0.650. The summed E-state index contributed by atoms with van der Waals surface area (Å²) >= 11 is 0. The van der Waals surface area contributed by atoms with E-state index >= 15 is 0 Å². The average Bonchev–Trinajstić information content (AvgIpc) is 2.67. The van der Waals surface area contributed by atoms with E-state index in [1.165, 1.54) is 37.9 Å². The second-order valence-electron chi connectivity index (χ2n) is 7.13. The highest BCUT2D eigenvalue weighted by molar-refractivity contribution is 5.89. The van der Waals surface area contributed by atoms with Gasteiger partial charge in [0.2, 0.25) is 0 Å². The van der Waals surface area contributed by atoms with Crippen molar-refractivity contribution >= 4 is 5.97 Å².